The first-order chi connectivity index (χ1) is 9.22. The summed E-state index contributed by atoms with van der Waals surface area (Å²) < 4.78 is 29.8. The summed E-state index contributed by atoms with van der Waals surface area (Å²) in [6.45, 7) is 8.40. The summed E-state index contributed by atoms with van der Waals surface area (Å²) in [5.41, 5.74) is 0. The van der Waals surface area contributed by atoms with Crippen molar-refractivity contribution in [2.24, 2.45) is 4.99 Å². The van der Waals surface area contributed by atoms with Gasteiger partial charge in [0.2, 0.25) is 10.0 Å². The van der Waals surface area contributed by atoms with Gasteiger partial charge in [-0.1, -0.05) is 0 Å². The largest absolute Gasteiger partial charge is 0.377 e. The van der Waals surface area contributed by atoms with E-state index in [9.17, 15) is 8.42 Å². The number of likely N-dealkylation sites (N-methyl/N-ethyl adjacent to an activating group) is 1. The minimum atomic E-state index is -3.16. The predicted molar refractivity (Wildman–Crippen MR) is 83.8 cm³/mol. The Bertz CT molecular complexity index is 396. The zero-order valence-electron chi connectivity index (χ0n) is 13.6. The van der Waals surface area contributed by atoms with E-state index < -0.39 is 10.0 Å². The van der Waals surface area contributed by atoms with E-state index in [2.05, 4.69) is 9.89 Å². The number of hydrogen-bond donors (Lipinski definition) is 0. The van der Waals surface area contributed by atoms with Crippen LogP contribution in [0.15, 0.2) is 4.99 Å². The lowest BCUT2D eigenvalue weighted by Crippen LogP contribution is -2.37. The van der Waals surface area contributed by atoms with Gasteiger partial charge in [-0.2, -0.15) is 0 Å². The zero-order valence-corrected chi connectivity index (χ0v) is 14.4. The molecule has 6 nitrogen and oxygen atoms in total. The molecule has 0 unspecified atom stereocenters. The minimum Gasteiger partial charge on any atom is -0.377 e. The molecule has 0 aromatic rings. The van der Waals surface area contributed by atoms with Crippen LogP contribution in [0.3, 0.4) is 0 Å². The molecule has 0 aliphatic rings. The van der Waals surface area contributed by atoms with E-state index in [1.807, 2.05) is 27.8 Å². The summed E-state index contributed by atoms with van der Waals surface area (Å²) in [6.07, 6.45) is 1.87. The van der Waals surface area contributed by atoms with Gasteiger partial charge in [-0.25, -0.2) is 12.7 Å². The molecule has 0 bridgehead atoms. The first-order valence-corrected chi connectivity index (χ1v) is 8.82. The normalized spacial score (nSPS) is 14.7. The molecule has 0 aliphatic carbocycles. The Kier molecular flexibility index (Phi) is 9.00. The van der Waals surface area contributed by atoms with Crippen LogP contribution >= 0.6 is 0 Å². The third kappa shape index (κ3) is 7.81. The van der Waals surface area contributed by atoms with E-state index in [1.165, 1.54) is 10.6 Å². The van der Waals surface area contributed by atoms with Gasteiger partial charge in [0.1, 0.15) is 0 Å². The van der Waals surface area contributed by atoms with Gasteiger partial charge in [0.15, 0.2) is 0 Å². The third-order valence-electron chi connectivity index (χ3n) is 3.16. The fraction of sp³-hybridized carbons (Fsp3) is 0.923. The smallest absolute Gasteiger partial charge is 0.211 e. The first-order valence-electron chi connectivity index (χ1n) is 6.97. The SMILES string of the molecule is CC/N=C(/C)N(C)CC[C@@H](CN(C)S(C)(=O)=O)OCC. The molecule has 0 aliphatic heterocycles. The van der Waals surface area contributed by atoms with E-state index in [-0.39, 0.29) is 6.10 Å². The highest BCUT2D eigenvalue weighted by atomic mass is 32.2. The first kappa shape index (κ1) is 19.3. The Hall–Kier alpha value is -0.660. The number of amidine groups is 1. The van der Waals surface area contributed by atoms with Crippen molar-refractivity contribution in [2.75, 3.05) is 46.6 Å². The van der Waals surface area contributed by atoms with Gasteiger partial charge in [-0.05, 0) is 27.2 Å². The Morgan fingerprint density at radius 1 is 1.30 bits per heavy atom. The molecule has 0 saturated heterocycles. The Labute approximate surface area is 123 Å². The molecule has 0 aromatic heterocycles. The molecule has 0 heterocycles. The molecule has 0 spiro atoms. The van der Waals surface area contributed by atoms with Gasteiger partial charge in [0.25, 0.3) is 0 Å². The maximum Gasteiger partial charge on any atom is 0.211 e. The number of rotatable bonds is 9. The standard InChI is InChI=1S/C13H29N3O3S/c1-7-14-12(3)15(4)10-9-13(19-8-2)11-16(5)20(6,17)18/h13H,7-11H2,1-6H3/b14-12-/t13-/m0/s1. The van der Waals surface area contributed by atoms with Crippen molar-refractivity contribution in [1.29, 1.82) is 0 Å². The van der Waals surface area contributed by atoms with Gasteiger partial charge in [0, 0.05) is 40.3 Å². The Morgan fingerprint density at radius 3 is 2.35 bits per heavy atom. The lowest BCUT2D eigenvalue weighted by molar-refractivity contribution is 0.0439. The van der Waals surface area contributed by atoms with Crippen LogP contribution in [0.4, 0.5) is 0 Å². The molecule has 7 heteroatoms. The van der Waals surface area contributed by atoms with Crippen molar-refractivity contribution in [2.45, 2.75) is 33.3 Å². The number of hydrogen-bond acceptors (Lipinski definition) is 4. The fourth-order valence-corrected chi connectivity index (χ4v) is 2.17. The van der Waals surface area contributed by atoms with Crippen molar-refractivity contribution in [3.8, 4) is 0 Å². The summed E-state index contributed by atoms with van der Waals surface area (Å²) >= 11 is 0. The lowest BCUT2D eigenvalue weighted by atomic mass is 10.2. The van der Waals surface area contributed by atoms with Gasteiger partial charge in [-0.15, -0.1) is 0 Å². The van der Waals surface area contributed by atoms with Crippen molar-refractivity contribution < 1.29 is 13.2 Å². The van der Waals surface area contributed by atoms with Crippen LogP contribution in [0.1, 0.15) is 27.2 Å². The average Bonchev–Trinajstić information content (AvgIpc) is 2.34. The van der Waals surface area contributed by atoms with Crippen LogP contribution in [0.25, 0.3) is 0 Å². The number of aliphatic imine (C=N–C) groups is 1. The van der Waals surface area contributed by atoms with E-state index in [0.29, 0.717) is 13.2 Å². The second kappa shape index (κ2) is 9.31. The molecule has 0 radical (unpaired) electrons. The number of sulfonamides is 1. The molecule has 0 saturated carbocycles. The molecule has 1 atom stereocenters. The molecular weight excluding hydrogens is 278 g/mol. The molecule has 0 amide bonds. The van der Waals surface area contributed by atoms with Crippen molar-refractivity contribution in [1.82, 2.24) is 9.21 Å². The van der Waals surface area contributed by atoms with Crippen molar-refractivity contribution in [3.05, 3.63) is 0 Å². The highest BCUT2D eigenvalue weighted by molar-refractivity contribution is 7.88. The van der Waals surface area contributed by atoms with E-state index in [0.717, 1.165) is 25.3 Å². The topological polar surface area (TPSA) is 62.2 Å². The van der Waals surface area contributed by atoms with Gasteiger partial charge < -0.3 is 9.64 Å². The molecule has 0 N–H and O–H groups in total. The summed E-state index contributed by atoms with van der Waals surface area (Å²) in [6, 6.07) is 0. The second-order valence-corrected chi connectivity index (χ2v) is 6.94. The maximum atomic E-state index is 11.4. The zero-order chi connectivity index (χ0) is 15.8. The maximum absolute atomic E-state index is 11.4. The molecule has 120 valence electrons. The number of ether oxygens (including phenoxy) is 1. The molecule has 0 fully saturated rings. The van der Waals surface area contributed by atoms with Crippen molar-refractivity contribution in [3.63, 3.8) is 0 Å². The summed E-state index contributed by atoms with van der Waals surface area (Å²) in [4.78, 5) is 6.41. The van der Waals surface area contributed by atoms with E-state index in [4.69, 9.17) is 4.74 Å². The van der Waals surface area contributed by atoms with Crippen LogP contribution in [-0.2, 0) is 14.8 Å². The van der Waals surface area contributed by atoms with E-state index in [1.54, 1.807) is 7.05 Å². The number of nitrogens with zero attached hydrogens (tertiary/aromatic N) is 3. The van der Waals surface area contributed by atoms with Crippen LogP contribution in [0.2, 0.25) is 0 Å². The summed E-state index contributed by atoms with van der Waals surface area (Å²) in [5, 5.41) is 0. The highest BCUT2D eigenvalue weighted by Gasteiger charge is 2.18. The van der Waals surface area contributed by atoms with Crippen molar-refractivity contribution >= 4 is 15.9 Å². The monoisotopic (exact) mass is 307 g/mol. The molecule has 0 aromatic carbocycles. The summed E-state index contributed by atoms with van der Waals surface area (Å²) in [7, 11) is 0.398. The fourth-order valence-electron chi connectivity index (χ4n) is 1.73. The third-order valence-corrected chi connectivity index (χ3v) is 4.44. The van der Waals surface area contributed by atoms with E-state index >= 15 is 0 Å². The quantitative estimate of drug-likeness (QED) is 0.472. The van der Waals surface area contributed by atoms with Crippen LogP contribution in [-0.4, -0.2) is 76.2 Å². The van der Waals surface area contributed by atoms with Crippen LogP contribution < -0.4 is 0 Å². The van der Waals surface area contributed by atoms with Gasteiger partial charge in [-0.3, -0.25) is 4.99 Å². The summed E-state index contributed by atoms with van der Waals surface area (Å²) in [5.74, 6) is 0.985. The molecule has 20 heavy (non-hydrogen) atoms. The molecule has 0 rings (SSSR count). The minimum absolute atomic E-state index is 0.100. The van der Waals surface area contributed by atoms with Gasteiger partial charge >= 0.3 is 0 Å². The Morgan fingerprint density at radius 2 is 1.90 bits per heavy atom. The lowest BCUT2D eigenvalue weighted by Gasteiger charge is -2.25. The van der Waals surface area contributed by atoms with Crippen LogP contribution in [0.5, 0.6) is 0 Å². The second-order valence-electron chi connectivity index (χ2n) is 4.85. The highest BCUT2D eigenvalue weighted by Crippen LogP contribution is 2.06. The Balaban J connectivity index is 4.45. The predicted octanol–water partition coefficient (Wildman–Crippen LogP) is 1.04. The van der Waals surface area contributed by atoms with Crippen LogP contribution in [0, 0.1) is 0 Å². The van der Waals surface area contributed by atoms with Gasteiger partial charge in [0.05, 0.1) is 18.2 Å². The molecular formula is C13H29N3O3S. The average molecular weight is 307 g/mol.